The summed E-state index contributed by atoms with van der Waals surface area (Å²) in [5, 5.41) is 0. The van der Waals surface area contributed by atoms with Crippen LogP contribution in [-0.4, -0.2) is 5.78 Å². The van der Waals surface area contributed by atoms with Gasteiger partial charge in [0.05, 0.1) is 5.56 Å². The third kappa shape index (κ3) is 3.18. The van der Waals surface area contributed by atoms with Crippen LogP contribution in [0.2, 0.25) is 0 Å². The lowest BCUT2D eigenvalue weighted by molar-refractivity contribution is -0.140. The number of allylic oxidation sites excluding steroid dienone is 1. The molecule has 0 radical (unpaired) electrons. The topological polar surface area (TPSA) is 17.1 Å². The molecule has 1 aromatic rings. The number of hydrogen-bond acceptors (Lipinski definition) is 1. The van der Waals surface area contributed by atoms with Crippen molar-refractivity contribution in [3.63, 3.8) is 0 Å². The number of benzene rings is 1. The van der Waals surface area contributed by atoms with E-state index in [4.69, 9.17) is 0 Å². The van der Waals surface area contributed by atoms with Crippen molar-refractivity contribution in [3.8, 4) is 0 Å². The Bertz CT molecular complexity index is 432. The summed E-state index contributed by atoms with van der Waals surface area (Å²) in [5.74, 6) is -1.62. The molecular formula is C11H8F4O. The van der Waals surface area contributed by atoms with Crippen molar-refractivity contribution in [2.75, 3.05) is 0 Å². The van der Waals surface area contributed by atoms with Gasteiger partial charge in [0.15, 0.2) is 5.78 Å². The van der Waals surface area contributed by atoms with Crippen molar-refractivity contribution >= 4 is 11.9 Å². The van der Waals surface area contributed by atoms with E-state index in [9.17, 15) is 22.4 Å². The van der Waals surface area contributed by atoms with Crippen molar-refractivity contribution in [2.24, 2.45) is 0 Å². The second-order valence-electron chi connectivity index (χ2n) is 3.18. The van der Waals surface area contributed by atoms with E-state index >= 15 is 0 Å². The van der Waals surface area contributed by atoms with Gasteiger partial charge in [-0.2, -0.15) is 13.2 Å². The summed E-state index contributed by atoms with van der Waals surface area (Å²) in [6.07, 6.45) is -2.41. The largest absolute Gasteiger partial charge is 0.419 e. The molecule has 16 heavy (non-hydrogen) atoms. The molecule has 0 aliphatic heterocycles. The van der Waals surface area contributed by atoms with Gasteiger partial charge in [-0.3, -0.25) is 4.79 Å². The van der Waals surface area contributed by atoms with Crippen molar-refractivity contribution in [1.29, 1.82) is 0 Å². The maximum absolute atomic E-state index is 12.9. The molecular weight excluding hydrogens is 224 g/mol. The van der Waals surface area contributed by atoms with E-state index in [2.05, 4.69) is 0 Å². The van der Waals surface area contributed by atoms with Gasteiger partial charge in [-0.25, -0.2) is 4.39 Å². The standard InChI is InChI=1S/C11H8F4O/c1-7(16)2-3-8-4-5-10(12)9(6-8)11(13,14)15/h2-6H,1H3/b3-2+. The SMILES string of the molecule is CC(=O)/C=C/c1ccc(F)c(C(F)(F)F)c1. The molecule has 0 aromatic heterocycles. The first-order chi connectivity index (χ1) is 7.30. The predicted molar refractivity (Wildman–Crippen MR) is 51.1 cm³/mol. The molecule has 0 aliphatic rings. The first-order valence-corrected chi connectivity index (χ1v) is 4.36. The molecule has 0 heterocycles. The zero-order valence-corrected chi connectivity index (χ0v) is 8.31. The van der Waals surface area contributed by atoms with Gasteiger partial charge in [0.2, 0.25) is 0 Å². The number of halogens is 4. The highest BCUT2D eigenvalue weighted by atomic mass is 19.4. The molecule has 0 spiro atoms. The number of carbonyl (C=O) groups excluding carboxylic acids is 1. The monoisotopic (exact) mass is 232 g/mol. The highest BCUT2D eigenvalue weighted by Gasteiger charge is 2.33. The van der Waals surface area contributed by atoms with Gasteiger partial charge in [-0.15, -0.1) is 0 Å². The van der Waals surface area contributed by atoms with E-state index < -0.39 is 17.6 Å². The molecule has 0 aliphatic carbocycles. The van der Waals surface area contributed by atoms with Crippen LogP contribution < -0.4 is 0 Å². The van der Waals surface area contributed by atoms with E-state index in [0.717, 1.165) is 12.1 Å². The fourth-order valence-corrected chi connectivity index (χ4v) is 1.08. The minimum Gasteiger partial charge on any atom is -0.295 e. The van der Waals surface area contributed by atoms with Gasteiger partial charge in [-0.1, -0.05) is 12.1 Å². The second kappa shape index (κ2) is 4.47. The number of rotatable bonds is 2. The predicted octanol–water partition coefficient (Wildman–Crippen LogP) is 3.45. The first-order valence-electron chi connectivity index (χ1n) is 4.36. The summed E-state index contributed by atoms with van der Waals surface area (Å²) >= 11 is 0. The van der Waals surface area contributed by atoms with Crippen molar-refractivity contribution in [2.45, 2.75) is 13.1 Å². The number of alkyl halides is 3. The summed E-state index contributed by atoms with van der Waals surface area (Å²) < 4.78 is 49.7. The molecule has 0 saturated carbocycles. The molecule has 0 unspecified atom stereocenters. The maximum atomic E-state index is 12.9. The normalized spacial score (nSPS) is 12.1. The quantitative estimate of drug-likeness (QED) is 0.563. The third-order valence-corrected chi connectivity index (χ3v) is 1.81. The van der Waals surface area contributed by atoms with E-state index in [0.29, 0.717) is 6.07 Å². The minimum atomic E-state index is -4.73. The summed E-state index contributed by atoms with van der Waals surface area (Å²) in [6.45, 7) is 1.27. The lowest BCUT2D eigenvalue weighted by Crippen LogP contribution is -2.08. The Hall–Kier alpha value is -1.65. The van der Waals surface area contributed by atoms with Crippen LogP contribution in [0.5, 0.6) is 0 Å². The summed E-state index contributed by atoms with van der Waals surface area (Å²) in [4.78, 5) is 10.6. The maximum Gasteiger partial charge on any atom is 0.419 e. The molecule has 0 N–H and O–H groups in total. The summed E-state index contributed by atoms with van der Waals surface area (Å²) in [5.41, 5.74) is -1.21. The molecule has 0 bridgehead atoms. The molecule has 86 valence electrons. The summed E-state index contributed by atoms with van der Waals surface area (Å²) in [6, 6.07) is 2.56. The lowest BCUT2D eigenvalue weighted by atomic mass is 10.1. The van der Waals surface area contributed by atoms with Gasteiger partial charge < -0.3 is 0 Å². The molecule has 5 heteroatoms. The van der Waals surface area contributed by atoms with E-state index in [1.807, 2.05) is 0 Å². The van der Waals surface area contributed by atoms with Gasteiger partial charge in [0, 0.05) is 0 Å². The van der Waals surface area contributed by atoms with Crippen LogP contribution in [0.3, 0.4) is 0 Å². The Kier molecular flexibility index (Phi) is 3.47. The van der Waals surface area contributed by atoms with E-state index in [-0.39, 0.29) is 11.3 Å². The average molecular weight is 232 g/mol. The van der Waals surface area contributed by atoms with Crippen molar-refractivity contribution in [1.82, 2.24) is 0 Å². The minimum absolute atomic E-state index is 0.129. The van der Waals surface area contributed by atoms with Crippen LogP contribution in [0.25, 0.3) is 6.08 Å². The van der Waals surface area contributed by atoms with Crippen LogP contribution in [0.1, 0.15) is 18.1 Å². The van der Waals surface area contributed by atoms with Gasteiger partial charge in [-0.05, 0) is 30.7 Å². The Morgan fingerprint density at radius 1 is 1.31 bits per heavy atom. The van der Waals surface area contributed by atoms with Crippen molar-refractivity contribution in [3.05, 3.63) is 41.2 Å². The van der Waals surface area contributed by atoms with Crippen molar-refractivity contribution < 1.29 is 22.4 Å². The second-order valence-corrected chi connectivity index (χ2v) is 3.18. The Morgan fingerprint density at radius 2 is 1.94 bits per heavy atom. The van der Waals surface area contributed by atoms with Crippen LogP contribution in [-0.2, 0) is 11.0 Å². The third-order valence-electron chi connectivity index (χ3n) is 1.81. The zero-order chi connectivity index (χ0) is 12.3. The van der Waals surface area contributed by atoms with Gasteiger partial charge in [0.25, 0.3) is 0 Å². The van der Waals surface area contributed by atoms with E-state index in [1.54, 1.807) is 0 Å². The van der Waals surface area contributed by atoms with E-state index in [1.165, 1.54) is 19.1 Å². The first kappa shape index (κ1) is 12.4. The Labute approximate surface area is 89.4 Å². The molecule has 0 amide bonds. The molecule has 1 rings (SSSR count). The highest BCUT2D eigenvalue weighted by molar-refractivity contribution is 5.91. The van der Waals surface area contributed by atoms with Crippen LogP contribution in [0, 0.1) is 5.82 Å². The molecule has 0 saturated heterocycles. The summed E-state index contributed by atoms with van der Waals surface area (Å²) in [7, 11) is 0. The number of carbonyl (C=O) groups is 1. The smallest absolute Gasteiger partial charge is 0.295 e. The molecule has 1 nitrogen and oxygen atoms in total. The molecule has 0 fully saturated rings. The van der Waals surface area contributed by atoms with Gasteiger partial charge in [0.1, 0.15) is 5.82 Å². The molecule has 0 atom stereocenters. The fourth-order valence-electron chi connectivity index (χ4n) is 1.08. The van der Waals surface area contributed by atoms with Crippen LogP contribution in [0.15, 0.2) is 24.3 Å². The lowest BCUT2D eigenvalue weighted by Gasteiger charge is -2.08. The zero-order valence-electron chi connectivity index (χ0n) is 8.31. The average Bonchev–Trinajstić information content (AvgIpc) is 2.14. The van der Waals surface area contributed by atoms with Crippen LogP contribution >= 0.6 is 0 Å². The number of ketones is 1. The molecule has 1 aromatic carbocycles. The Balaban J connectivity index is 3.13. The van der Waals surface area contributed by atoms with Crippen LogP contribution in [0.4, 0.5) is 17.6 Å². The number of hydrogen-bond donors (Lipinski definition) is 0. The van der Waals surface area contributed by atoms with Gasteiger partial charge >= 0.3 is 6.18 Å². The fraction of sp³-hybridized carbons (Fsp3) is 0.182. The Morgan fingerprint density at radius 3 is 2.44 bits per heavy atom. The highest BCUT2D eigenvalue weighted by Crippen LogP contribution is 2.32.